The molecular formula is C12H9F5N2O2. The number of carbonyl (C=O) groups is 1. The number of halogens is 5. The van der Waals surface area contributed by atoms with Crippen molar-refractivity contribution in [2.45, 2.75) is 25.9 Å². The Morgan fingerprint density at radius 3 is 2.52 bits per heavy atom. The largest absolute Gasteiger partial charge is 0.466 e. The van der Waals surface area contributed by atoms with Gasteiger partial charge in [-0.05, 0) is 18.6 Å². The van der Waals surface area contributed by atoms with Gasteiger partial charge in [0, 0.05) is 0 Å². The van der Waals surface area contributed by atoms with Gasteiger partial charge in [0.1, 0.15) is 17.5 Å². The third-order valence-electron chi connectivity index (χ3n) is 2.38. The number of nitrogens with zero attached hydrogens (tertiary/aromatic N) is 2. The number of ether oxygens (including phenoxy) is 1. The molecule has 1 aromatic rings. The molecule has 0 radical (unpaired) electrons. The number of esters is 1. The molecule has 1 rings (SSSR count). The molecular weight excluding hydrogens is 299 g/mol. The molecule has 1 heterocycles. The molecule has 0 fully saturated rings. The van der Waals surface area contributed by atoms with E-state index in [1.54, 1.807) is 0 Å². The predicted octanol–water partition coefficient (Wildman–Crippen LogP) is 3.02. The second kappa shape index (κ2) is 6.47. The summed E-state index contributed by atoms with van der Waals surface area (Å²) >= 11 is 0. The Morgan fingerprint density at radius 1 is 1.48 bits per heavy atom. The van der Waals surface area contributed by atoms with Crippen LogP contribution in [-0.2, 0) is 22.1 Å². The molecule has 0 aliphatic heterocycles. The van der Waals surface area contributed by atoms with Crippen molar-refractivity contribution in [3.63, 3.8) is 0 Å². The van der Waals surface area contributed by atoms with Crippen LogP contribution >= 0.6 is 0 Å². The lowest BCUT2D eigenvalue weighted by Crippen LogP contribution is -2.16. The van der Waals surface area contributed by atoms with Crippen molar-refractivity contribution in [2.24, 2.45) is 0 Å². The van der Waals surface area contributed by atoms with E-state index in [9.17, 15) is 26.7 Å². The van der Waals surface area contributed by atoms with Gasteiger partial charge >= 0.3 is 12.1 Å². The first kappa shape index (κ1) is 16.8. The minimum absolute atomic E-state index is 0.0281. The monoisotopic (exact) mass is 308 g/mol. The van der Waals surface area contributed by atoms with Crippen molar-refractivity contribution in [1.29, 1.82) is 5.26 Å². The van der Waals surface area contributed by atoms with Gasteiger partial charge in [0.2, 0.25) is 0 Å². The molecule has 0 aliphatic carbocycles. The summed E-state index contributed by atoms with van der Waals surface area (Å²) in [5.41, 5.74) is -4.12. The van der Waals surface area contributed by atoms with Gasteiger partial charge in [-0.15, -0.1) is 0 Å². The number of hydrogen-bond acceptors (Lipinski definition) is 4. The zero-order valence-corrected chi connectivity index (χ0v) is 10.7. The average Bonchev–Trinajstić information content (AvgIpc) is 2.36. The Bertz CT molecular complexity index is 578. The van der Waals surface area contributed by atoms with Gasteiger partial charge in [-0.2, -0.15) is 18.4 Å². The first-order chi connectivity index (χ1) is 9.70. The molecule has 114 valence electrons. The first-order valence-corrected chi connectivity index (χ1v) is 5.65. The molecule has 0 bridgehead atoms. The fourth-order valence-corrected chi connectivity index (χ4v) is 1.56. The Balaban J connectivity index is 3.42. The molecule has 0 unspecified atom stereocenters. The van der Waals surface area contributed by atoms with Crippen LogP contribution in [0.1, 0.15) is 35.9 Å². The Hall–Kier alpha value is -2.24. The zero-order chi connectivity index (χ0) is 16.2. The third-order valence-corrected chi connectivity index (χ3v) is 2.38. The highest BCUT2D eigenvalue weighted by atomic mass is 19.4. The molecule has 0 spiro atoms. The van der Waals surface area contributed by atoms with Gasteiger partial charge in [0.05, 0.1) is 18.6 Å². The van der Waals surface area contributed by atoms with Gasteiger partial charge in [0.25, 0.3) is 6.43 Å². The molecule has 0 N–H and O–H groups in total. The lowest BCUT2D eigenvalue weighted by atomic mass is 10.0. The number of alkyl halides is 5. The topological polar surface area (TPSA) is 63.0 Å². The molecule has 0 atom stereocenters. The van der Waals surface area contributed by atoms with Crippen LogP contribution in [0.15, 0.2) is 6.07 Å². The number of aromatic nitrogens is 1. The van der Waals surface area contributed by atoms with Crippen LogP contribution in [0.4, 0.5) is 22.0 Å². The summed E-state index contributed by atoms with van der Waals surface area (Å²) in [6, 6.07) is 1.76. The van der Waals surface area contributed by atoms with E-state index in [0.717, 1.165) is 0 Å². The minimum Gasteiger partial charge on any atom is -0.466 e. The highest BCUT2D eigenvalue weighted by Crippen LogP contribution is 2.32. The van der Waals surface area contributed by atoms with E-state index in [2.05, 4.69) is 9.72 Å². The summed E-state index contributed by atoms with van der Waals surface area (Å²) < 4.78 is 67.9. The van der Waals surface area contributed by atoms with Crippen molar-refractivity contribution in [2.75, 3.05) is 6.61 Å². The first-order valence-electron chi connectivity index (χ1n) is 5.65. The van der Waals surface area contributed by atoms with E-state index in [1.165, 1.54) is 13.0 Å². The molecule has 0 aliphatic rings. The molecule has 0 saturated heterocycles. The van der Waals surface area contributed by atoms with Crippen LogP contribution < -0.4 is 0 Å². The van der Waals surface area contributed by atoms with Gasteiger partial charge < -0.3 is 4.74 Å². The Morgan fingerprint density at radius 2 is 2.10 bits per heavy atom. The number of rotatable bonds is 4. The zero-order valence-electron chi connectivity index (χ0n) is 10.7. The maximum atomic E-state index is 12.8. The van der Waals surface area contributed by atoms with Crippen LogP contribution in [0, 0.1) is 11.3 Å². The lowest BCUT2D eigenvalue weighted by molar-refractivity contribution is -0.143. The van der Waals surface area contributed by atoms with E-state index in [1.807, 2.05) is 0 Å². The van der Waals surface area contributed by atoms with Crippen LogP contribution in [0.2, 0.25) is 0 Å². The smallest absolute Gasteiger partial charge is 0.433 e. The number of pyridine rings is 1. The molecule has 0 aromatic carbocycles. The van der Waals surface area contributed by atoms with E-state index >= 15 is 0 Å². The quantitative estimate of drug-likeness (QED) is 0.633. The Kier molecular flexibility index (Phi) is 5.18. The molecule has 9 heteroatoms. The summed E-state index contributed by atoms with van der Waals surface area (Å²) in [5.74, 6) is -0.923. The Labute approximate surface area is 116 Å². The summed E-state index contributed by atoms with van der Waals surface area (Å²) in [6.07, 6.45) is -9.06. The molecule has 0 amide bonds. The summed E-state index contributed by atoms with van der Waals surface area (Å²) in [5, 5.41) is 8.83. The van der Waals surface area contributed by atoms with Gasteiger partial charge in [-0.25, -0.2) is 13.8 Å². The maximum Gasteiger partial charge on any atom is 0.433 e. The standard InChI is InChI=1S/C12H9F5N2O2/c1-2-21-9(20)4-6-3-8(12(15,16)17)19-10(11(13)14)7(6)5-18/h3,11H,2,4H2,1H3. The van der Waals surface area contributed by atoms with Gasteiger partial charge in [-0.1, -0.05) is 0 Å². The second-order valence-corrected chi connectivity index (χ2v) is 3.82. The summed E-state index contributed by atoms with van der Waals surface area (Å²) in [7, 11) is 0. The summed E-state index contributed by atoms with van der Waals surface area (Å²) in [6.45, 7) is 1.45. The molecule has 0 saturated carbocycles. The van der Waals surface area contributed by atoms with Crippen molar-refractivity contribution in [3.8, 4) is 6.07 Å². The van der Waals surface area contributed by atoms with Crippen molar-refractivity contribution >= 4 is 5.97 Å². The van der Waals surface area contributed by atoms with Crippen LogP contribution in [0.3, 0.4) is 0 Å². The van der Waals surface area contributed by atoms with E-state index in [4.69, 9.17) is 5.26 Å². The van der Waals surface area contributed by atoms with Gasteiger partial charge in [-0.3, -0.25) is 4.79 Å². The SMILES string of the molecule is CCOC(=O)Cc1cc(C(F)(F)F)nc(C(F)F)c1C#N. The van der Waals surface area contributed by atoms with Gasteiger partial charge in [0.15, 0.2) is 0 Å². The molecule has 4 nitrogen and oxygen atoms in total. The van der Waals surface area contributed by atoms with E-state index in [0.29, 0.717) is 6.07 Å². The number of carbonyl (C=O) groups excluding carboxylic acids is 1. The van der Waals surface area contributed by atoms with Crippen LogP contribution in [0.25, 0.3) is 0 Å². The summed E-state index contributed by atoms with van der Waals surface area (Å²) in [4.78, 5) is 14.1. The van der Waals surface area contributed by atoms with E-state index in [-0.39, 0.29) is 6.61 Å². The fourth-order valence-electron chi connectivity index (χ4n) is 1.56. The highest BCUT2D eigenvalue weighted by Gasteiger charge is 2.35. The predicted molar refractivity (Wildman–Crippen MR) is 59.2 cm³/mol. The lowest BCUT2D eigenvalue weighted by Gasteiger charge is -2.13. The molecule has 1 aromatic heterocycles. The van der Waals surface area contributed by atoms with Crippen LogP contribution in [0.5, 0.6) is 0 Å². The minimum atomic E-state index is -4.97. The van der Waals surface area contributed by atoms with Crippen molar-refractivity contribution < 1.29 is 31.5 Å². The van der Waals surface area contributed by atoms with Crippen molar-refractivity contribution in [3.05, 3.63) is 28.6 Å². The second-order valence-electron chi connectivity index (χ2n) is 3.82. The number of nitriles is 1. The molecule has 21 heavy (non-hydrogen) atoms. The average molecular weight is 308 g/mol. The maximum absolute atomic E-state index is 12.8. The fraction of sp³-hybridized carbons (Fsp3) is 0.417. The normalized spacial score (nSPS) is 11.3. The third kappa shape index (κ3) is 4.11. The van der Waals surface area contributed by atoms with Crippen LogP contribution in [-0.4, -0.2) is 17.6 Å². The number of hydrogen-bond donors (Lipinski definition) is 0. The van der Waals surface area contributed by atoms with E-state index < -0.39 is 47.5 Å². The highest BCUT2D eigenvalue weighted by molar-refractivity contribution is 5.73. The van der Waals surface area contributed by atoms with Crippen molar-refractivity contribution in [1.82, 2.24) is 4.98 Å².